The Labute approximate surface area is 122 Å². The highest BCUT2D eigenvalue weighted by atomic mass is 79.9. The van der Waals surface area contributed by atoms with Crippen LogP contribution in [0.5, 0.6) is 0 Å². The third-order valence-corrected chi connectivity index (χ3v) is 3.05. The van der Waals surface area contributed by atoms with Gasteiger partial charge in [0, 0.05) is 10.2 Å². The van der Waals surface area contributed by atoms with Gasteiger partial charge >= 0.3 is 11.7 Å². The van der Waals surface area contributed by atoms with E-state index in [1.165, 1.54) is 18.2 Å². The van der Waals surface area contributed by atoms with Crippen LogP contribution in [0.15, 0.2) is 46.9 Å². The number of nitrogens with zero attached hydrogens (tertiary/aromatic N) is 1. The lowest BCUT2D eigenvalue weighted by molar-refractivity contribution is -0.384. The van der Waals surface area contributed by atoms with Crippen molar-refractivity contribution in [3.05, 3.63) is 62.6 Å². The van der Waals surface area contributed by atoms with Crippen molar-refractivity contribution < 1.29 is 14.8 Å². The number of rotatable bonds is 4. The van der Waals surface area contributed by atoms with Crippen LogP contribution in [0.2, 0.25) is 0 Å². The number of carboxylic acid groups (broad SMARTS) is 1. The molecule has 0 amide bonds. The van der Waals surface area contributed by atoms with Crippen LogP contribution in [0.3, 0.4) is 0 Å². The Kier molecular flexibility index (Phi) is 3.99. The van der Waals surface area contributed by atoms with Crippen molar-refractivity contribution in [1.29, 1.82) is 0 Å². The Bertz CT molecular complexity index is 688. The standard InChI is InChI=1S/C13H9BrN2O4/c14-8-3-1-4-9(7-8)15-11-6-2-5-10(13(17)18)12(11)16(19)20/h1-7,15H,(H,17,18). The van der Waals surface area contributed by atoms with Gasteiger partial charge < -0.3 is 10.4 Å². The zero-order chi connectivity index (χ0) is 14.7. The number of para-hydroxylation sites is 1. The fourth-order valence-corrected chi connectivity index (χ4v) is 2.13. The molecule has 0 saturated heterocycles. The van der Waals surface area contributed by atoms with E-state index >= 15 is 0 Å². The molecule has 2 N–H and O–H groups in total. The van der Waals surface area contributed by atoms with Gasteiger partial charge in [0.25, 0.3) is 0 Å². The lowest BCUT2D eigenvalue weighted by Gasteiger charge is -2.08. The van der Waals surface area contributed by atoms with Gasteiger partial charge in [-0.1, -0.05) is 28.1 Å². The van der Waals surface area contributed by atoms with Crippen molar-refractivity contribution in [1.82, 2.24) is 0 Å². The molecule has 102 valence electrons. The van der Waals surface area contributed by atoms with Gasteiger partial charge in [0.2, 0.25) is 0 Å². The molecule has 0 aliphatic carbocycles. The highest BCUT2D eigenvalue weighted by molar-refractivity contribution is 9.10. The molecule has 2 aromatic rings. The van der Waals surface area contributed by atoms with Crippen molar-refractivity contribution in [2.75, 3.05) is 5.32 Å². The lowest BCUT2D eigenvalue weighted by Crippen LogP contribution is -2.05. The number of aromatic carboxylic acids is 1. The average molecular weight is 337 g/mol. The molecule has 0 atom stereocenters. The molecule has 20 heavy (non-hydrogen) atoms. The number of carbonyl (C=O) groups is 1. The largest absolute Gasteiger partial charge is 0.477 e. The van der Waals surface area contributed by atoms with Gasteiger partial charge in [0.1, 0.15) is 11.3 Å². The topological polar surface area (TPSA) is 92.5 Å². The summed E-state index contributed by atoms with van der Waals surface area (Å²) in [4.78, 5) is 21.4. The second-order valence-corrected chi connectivity index (χ2v) is 4.82. The minimum absolute atomic E-state index is 0.132. The highest BCUT2D eigenvalue weighted by Gasteiger charge is 2.24. The molecular formula is C13H9BrN2O4. The van der Waals surface area contributed by atoms with Crippen molar-refractivity contribution in [2.24, 2.45) is 0 Å². The molecule has 0 aliphatic heterocycles. The van der Waals surface area contributed by atoms with Crippen LogP contribution in [0.25, 0.3) is 0 Å². The minimum Gasteiger partial charge on any atom is -0.477 e. The Balaban J connectivity index is 2.49. The van der Waals surface area contributed by atoms with E-state index < -0.39 is 16.6 Å². The predicted molar refractivity (Wildman–Crippen MR) is 77.5 cm³/mol. The molecule has 0 spiro atoms. The Hall–Kier alpha value is -2.41. The first kappa shape index (κ1) is 14.0. The molecule has 0 fully saturated rings. The summed E-state index contributed by atoms with van der Waals surface area (Å²) in [6.07, 6.45) is 0. The van der Waals surface area contributed by atoms with E-state index in [0.717, 1.165) is 4.47 Å². The van der Waals surface area contributed by atoms with Gasteiger partial charge in [-0.3, -0.25) is 10.1 Å². The number of nitro groups is 1. The Morgan fingerprint density at radius 1 is 1.25 bits per heavy atom. The zero-order valence-electron chi connectivity index (χ0n) is 10.0. The maximum Gasteiger partial charge on any atom is 0.342 e. The zero-order valence-corrected chi connectivity index (χ0v) is 11.6. The van der Waals surface area contributed by atoms with Crippen LogP contribution >= 0.6 is 15.9 Å². The molecule has 0 radical (unpaired) electrons. The van der Waals surface area contributed by atoms with Crippen LogP contribution < -0.4 is 5.32 Å². The third-order valence-electron chi connectivity index (χ3n) is 2.55. The first-order valence-corrected chi connectivity index (χ1v) is 6.31. The number of nitrogens with one attached hydrogen (secondary N) is 1. The van der Waals surface area contributed by atoms with Crippen molar-refractivity contribution in [3.63, 3.8) is 0 Å². The molecule has 0 aromatic heterocycles. The fourth-order valence-electron chi connectivity index (χ4n) is 1.74. The summed E-state index contributed by atoms with van der Waals surface area (Å²) in [7, 11) is 0. The smallest absolute Gasteiger partial charge is 0.342 e. The van der Waals surface area contributed by atoms with Gasteiger partial charge in [0.15, 0.2) is 0 Å². The number of hydrogen-bond acceptors (Lipinski definition) is 4. The quantitative estimate of drug-likeness (QED) is 0.654. The lowest BCUT2D eigenvalue weighted by atomic mass is 10.1. The van der Waals surface area contributed by atoms with Crippen LogP contribution in [-0.4, -0.2) is 16.0 Å². The molecule has 6 nitrogen and oxygen atoms in total. The number of nitro benzene ring substituents is 1. The highest BCUT2D eigenvalue weighted by Crippen LogP contribution is 2.31. The molecule has 2 aromatic carbocycles. The number of carboxylic acids is 1. The Morgan fingerprint density at radius 3 is 2.55 bits per heavy atom. The van der Waals surface area contributed by atoms with Crippen LogP contribution in [0, 0.1) is 10.1 Å². The minimum atomic E-state index is -1.34. The molecule has 0 bridgehead atoms. The van der Waals surface area contributed by atoms with Gasteiger partial charge in [-0.15, -0.1) is 0 Å². The van der Waals surface area contributed by atoms with E-state index in [-0.39, 0.29) is 11.3 Å². The monoisotopic (exact) mass is 336 g/mol. The SMILES string of the molecule is O=C(O)c1cccc(Nc2cccc(Br)c2)c1[N+](=O)[O-]. The average Bonchev–Trinajstić information content (AvgIpc) is 2.38. The van der Waals surface area contributed by atoms with Gasteiger partial charge in [-0.25, -0.2) is 4.79 Å². The molecule has 0 saturated carbocycles. The molecule has 0 unspecified atom stereocenters. The second-order valence-electron chi connectivity index (χ2n) is 3.90. The normalized spacial score (nSPS) is 10.1. The van der Waals surface area contributed by atoms with Gasteiger partial charge in [-0.05, 0) is 30.3 Å². The van der Waals surface area contributed by atoms with Crippen molar-refractivity contribution >= 4 is 39.0 Å². The molecular weight excluding hydrogens is 328 g/mol. The van der Waals surface area contributed by atoms with E-state index in [2.05, 4.69) is 21.2 Å². The maximum absolute atomic E-state index is 11.1. The van der Waals surface area contributed by atoms with Crippen molar-refractivity contribution in [3.8, 4) is 0 Å². The van der Waals surface area contributed by atoms with E-state index in [1.54, 1.807) is 18.2 Å². The van der Waals surface area contributed by atoms with Gasteiger partial charge in [-0.2, -0.15) is 0 Å². The van der Waals surface area contributed by atoms with Crippen LogP contribution in [-0.2, 0) is 0 Å². The molecule has 0 aliphatic rings. The summed E-state index contributed by atoms with van der Waals surface area (Å²) in [6.45, 7) is 0. The fraction of sp³-hybridized carbons (Fsp3) is 0. The first-order valence-electron chi connectivity index (χ1n) is 5.52. The van der Waals surface area contributed by atoms with Crippen LogP contribution in [0.4, 0.5) is 17.1 Å². The second kappa shape index (κ2) is 5.70. The maximum atomic E-state index is 11.1. The van der Waals surface area contributed by atoms with E-state index in [9.17, 15) is 14.9 Å². The summed E-state index contributed by atoms with van der Waals surface area (Å²) < 4.78 is 0.805. The summed E-state index contributed by atoms with van der Waals surface area (Å²) in [5.41, 5.74) is -0.0620. The number of halogens is 1. The summed E-state index contributed by atoms with van der Waals surface area (Å²) >= 11 is 3.29. The number of hydrogen-bond donors (Lipinski definition) is 2. The van der Waals surface area contributed by atoms with E-state index in [0.29, 0.717) is 5.69 Å². The summed E-state index contributed by atoms with van der Waals surface area (Å²) in [6, 6.07) is 11.2. The third kappa shape index (κ3) is 2.94. The van der Waals surface area contributed by atoms with Gasteiger partial charge in [0.05, 0.1) is 4.92 Å². The Morgan fingerprint density at radius 2 is 1.95 bits per heavy atom. The molecule has 7 heteroatoms. The molecule has 0 heterocycles. The summed E-state index contributed by atoms with van der Waals surface area (Å²) in [5.74, 6) is -1.34. The van der Waals surface area contributed by atoms with Crippen molar-refractivity contribution in [2.45, 2.75) is 0 Å². The predicted octanol–water partition coefficient (Wildman–Crippen LogP) is 3.80. The van der Waals surface area contributed by atoms with E-state index in [1.807, 2.05) is 6.07 Å². The van der Waals surface area contributed by atoms with E-state index in [4.69, 9.17) is 5.11 Å². The summed E-state index contributed by atoms with van der Waals surface area (Å²) in [5, 5.41) is 23.0. The number of benzene rings is 2. The van der Waals surface area contributed by atoms with Crippen LogP contribution in [0.1, 0.15) is 10.4 Å². The molecule has 2 rings (SSSR count). The first-order chi connectivity index (χ1) is 9.49. The number of anilines is 2.